The first-order valence-corrected chi connectivity index (χ1v) is 19.2. The van der Waals surface area contributed by atoms with E-state index in [0.717, 1.165) is 17.1 Å². The third kappa shape index (κ3) is 5.93. The van der Waals surface area contributed by atoms with Gasteiger partial charge in [0.1, 0.15) is 0 Å². The highest BCUT2D eigenvalue weighted by molar-refractivity contribution is 7.25. The zero-order valence-electron chi connectivity index (χ0n) is 29.6. The Morgan fingerprint density at radius 2 is 0.833 bits per heavy atom. The summed E-state index contributed by atoms with van der Waals surface area (Å²) in [6, 6.07) is 77.1. The predicted molar refractivity (Wildman–Crippen MR) is 233 cm³/mol. The van der Waals surface area contributed by atoms with Gasteiger partial charge >= 0.3 is 0 Å². The number of rotatable bonds is 7. The molecule has 9 aromatic carbocycles. The molecule has 10 rings (SSSR count). The van der Waals surface area contributed by atoms with Crippen molar-refractivity contribution in [3.8, 4) is 44.5 Å². The lowest BCUT2D eigenvalue weighted by Gasteiger charge is -2.28. The number of para-hydroxylation sites is 1. The Hall–Kier alpha value is -6.74. The number of thiophene rings is 1. The van der Waals surface area contributed by atoms with E-state index in [1.807, 2.05) is 11.3 Å². The summed E-state index contributed by atoms with van der Waals surface area (Å²) in [6.45, 7) is 0. The maximum Gasteiger partial charge on any atom is 0.0540 e. The van der Waals surface area contributed by atoms with E-state index >= 15 is 0 Å². The van der Waals surface area contributed by atoms with Gasteiger partial charge in [0.2, 0.25) is 0 Å². The van der Waals surface area contributed by atoms with Crippen molar-refractivity contribution in [2.24, 2.45) is 0 Å². The van der Waals surface area contributed by atoms with E-state index in [0.29, 0.717) is 0 Å². The van der Waals surface area contributed by atoms with Crippen LogP contribution in [0.25, 0.3) is 75.5 Å². The molecule has 0 unspecified atom stereocenters. The van der Waals surface area contributed by atoms with Crippen LogP contribution in [0.3, 0.4) is 0 Å². The van der Waals surface area contributed by atoms with Crippen LogP contribution in [0.1, 0.15) is 0 Å². The van der Waals surface area contributed by atoms with Crippen LogP contribution in [0.4, 0.5) is 17.1 Å². The van der Waals surface area contributed by atoms with Crippen LogP contribution in [0.2, 0.25) is 0 Å². The molecule has 0 amide bonds. The molecule has 0 N–H and O–H groups in total. The smallest absolute Gasteiger partial charge is 0.0540 e. The molecule has 10 aromatic rings. The van der Waals surface area contributed by atoms with Crippen LogP contribution >= 0.6 is 11.3 Å². The fraction of sp³-hybridized carbons (Fsp3) is 0. The summed E-state index contributed by atoms with van der Waals surface area (Å²) in [5, 5.41) is 5.16. The van der Waals surface area contributed by atoms with Gasteiger partial charge in [0.05, 0.1) is 5.69 Å². The van der Waals surface area contributed by atoms with Gasteiger partial charge in [0.25, 0.3) is 0 Å². The molecule has 0 aliphatic heterocycles. The Bertz CT molecular complexity index is 2920. The maximum absolute atomic E-state index is 2.39. The Kier molecular flexibility index (Phi) is 8.09. The fourth-order valence-corrected chi connectivity index (χ4v) is 8.80. The molecule has 0 bridgehead atoms. The van der Waals surface area contributed by atoms with Crippen LogP contribution < -0.4 is 4.90 Å². The third-order valence-corrected chi connectivity index (χ3v) is 11.6. The second-order valence-electron chi connectivity index (χ2n) is 13.8. The van der Waals surface area contributed by atoms with Crippen LogP contribution in [-0.4, -0.2) is 0 Å². The lowest BCUT2D eigenvalue weighted by atomic mass is 9.97. The number of benzene rings is 9. The minimum atomic E-state index is 1.10. The highest BCUT2D eigenvalue weighted by atomic mass is 32.1. The molecule has 0 saturated carbocycles. The summed E-state index contributed by atoms with van der Waals surface area (Å²) in [5.74, 6) is 0. The van der Waals surface area contributed by atoms with Crippen molar-refractivity contribution in [1.82, 2.24) is 0 Å². The van der Waals surface area contributed by atoms with Gasteiger partial charge in [0, 0.05) is 37.1 Å². The molecule has 54 heavy (non-hydrogen) atoms. The molecule has 1 heterocycles. The number of hydrogen-bond donors (Lipinski definition) is 0. The average molecular weight is 706 g/mol. The van der Waals surface area contributed by atoms with Crippen molar-refractivity contribution in [2.45, 2.75) is 0 Å². The highest BCUT2D eigenvalue weighted by Crippen LogP contribution is 2.43. The Morgan fingerprint density at radius 3 is 1.61 bits per heavy atom. The van der Waals surface area contributed by atoms with Gasteiger partial charge in [-0.05, 0) is 110 Å². The summed E-state index contributed by atoms with van der Waals surface area (Å²) in [4.78, 5) is 2.39. The second-order valence-corrected chi connectivity index (χ2v) is 14.8. The molecule has 0 spiro atoms. The van der Waals surface area contributed by atoms with Gasteiger partial charge in [-0.2, -0.15) is 0 Å². The van der Waals surface area contributed by atoms with Gasteiger partial charge < -0.3 is 4.90 Å². The maximum atomic E-state index is 2.39. The van der Waals surface area contributed by atoms with E-state index in [9.17, 15) is 0 Å². The zero-order valence-corrected chi connectivity index (χ0v) is 30.4. The Labute approximate surface area is 319 Å². The van der Waals surface area contributed by atoms with Crippen molar-refractivity contribution < 1.29 is 0 Å². The largest absolute Gasteiger partial charge is 0.310 e. The topological polar surface area (TPSA) is 3.24 Å². The molecule has 0 aliphatic carbocycles. The van der Waals surface area contributed by atoms with Gasteiger partial charge in [0.15, 0.2) is 0 Å². The second kappa shape index (κ2) is 13.7. The van der Waals surface area contributed by atoms with Gasteiger partial charge in [-0.3, -0.25) is 0 Å². The van der Waals surface area contributed by atoms with E-state index in [2.05, 4.69) is 217 Å². The number of fused-ring (bicyclic) bond motifs is 4. The number of nitrogens with zero attached hydrogens (tertiary/aromatic N) is 1. The molecule has 0 radical (unpaired) electrons. The summed E-state index contributed by atoms with van der Waals surface area (Å²) < 4.78 is 2.65. The van der Waals surface area contributed by atoms with Gasteiger partial charge in [-0.1, -0.05) is 152 Å². The van der Waals surface area contributed by atoms with Crippen LogP contribution in [0.15, 0.2) is 212 Å². The molecule has 1 nitrogen and oxygen atoms in total. The standard InChI is InChI=1S/C52H35NS/c1-2-12-39(13-3-1)47-17-6-8-19-50(47)53(46-30-25-38(26-31-46)44-27-32-52-49(35-44)48-18-7-9-20-51(48)54-52)45-28-23-37(24-29-45)41-15-10-16-42(33-41)43-22-21-36-11-4-5-14-40(36)34-43/h1-35H. The molecular weight excluding hydrogens is 671 g/mol. The average Bonchev–Trinajstić information content (AvgIpc) is 3.63. The molecule has 254 valence electrons. The van der Waals surface area contributed by atoms with Gasteiger partial charge in [-0.15, -0.1) is 11.3 Å². The summed E-state index contributed by atoms with van der Waals surface area (Å²) in [6.07, 6.45) is 0. The molecule has 0 fully saturated rings. The van der Waals surface area contributed by atoms with Crippen LogP contribution in [0.5, 0.6) is 0 Å². The van der Waals surface area contributed by atoms with E-state index in [1.165, 1.54) is 75.5 Å². The van der Waals surface area contributed by atoms with E-state index in [4.69, 9.17) is 0 Å². The lowest BCUT2D eigenvalue weighted by Crippen LogP contribution is -2.11. The van der Waals surface area contributed by atoms with Crippen LogP contribution in [0, 0.1) is 0 Å². The monoisotopic (exact) mass is 705 g/mol. The predicted octanol–water partition coefficient (Wildman–Crippen LogP) is 15.3. The number of hydrogen-bond acceptors (Lipinski definition) is 2. The summed E-state index contributed by atoms with van der Waals surface area (Å²) in [5.41, 5.74) is 13.0. The first-order chi connectivity index (χ1) is 26.7. The molecule has 0 aliphatic rings. The summed E-state index contributed by atoms with van der Waals surface area (Å²) in [7, 11) is 0. The Balaban J connectivity index is 1.03. The van der Waals surface area contributed by atoms with Crippen molar-refractivity contribution >= 4 is 59.3 Å². The van der Waals surface area contributed by atoms with Crippen LogP contribution in [-0.2, 0) is 0 Å². The van der Waals surface area contributed by atoms with Crippen molar-refractivity contribution in [1.29, 1.82) is 0 Å². The molecule has 0 saturated heterocycles. The normalized spacial score (nSPS) is 11.3. The molecule has 2 heteroatoms. The van der Waals surface area contributed by atoms with Crippen molar-refractivity contribution in [3.05, 3.63) is 212 Å². The highest BCUT2D eigenvalue weighted by Gasteiger charge is 2.18. The number of anilines is 3. The quantitative estimate of drug-likeness (QED) is 0.160. The first-order valence-electron chi connectivity index (χ1n) is 18.4. The minimum absolute atomic E-state index is 1.10. The van der Waals surface area contributed by atoms with E-state index in [1.54, 1.807) is 0 Å². The van der Waals surface area contributed by atoms with Crippen molar-refractivity contribution in [3.63, 3.8) is 0 Å². The summed E-state index contributed by atoms with van der Waals surface area (Å²) >= 11 is 1.86. The third-order valence-electron chi connectivity index (χ3n) is 10.5. The van der Waals surface area contributed by atoms with E-state index < -0.39 is 0 Å². The molecule has 0 atom stereocenters. The SMILES string of the molecule is c1ccc(-c2ccccc2N(c2ccc(-c3cccc(-c4ccc5ccccc5c4)c3)cc2)c2ccc(-c3ccc4sc5ccccc5c4c3)cc2)cc1. The zero-order chi connectivity index (χ0) is 35.8. The van der Waals surface area contributed by atoms with Gasteiger partial charge in [-0.25, -0.2) is 0 Å². The lowest BCUT2D eigenvalue weighted by molar-refractivity contribution is 1.28. The van der Waals surface area contributed by atoms with E-state index in [-0.39, 0.29) is 0 Å². The molecular formula is C52H35NS. The van der Waals surface area contributed by atoms with Crippen molar-refractivity contribution in [2.75, 3.05) is 4.90 Å². The molecule has 1 aromatic heterocycles. The minimum Gasteiger partial charge on any atom is -0.310 e. The Morgan fingerprint density at radius 1 is 0.296 bits per heavy atom. The first kappa shape index (κ1) is 32.0. The fourth-order valence-electron chi connectivity index (χ4n) is 7.72.